The van der Waals surface area contributed by atoms with E-state index in [2.05, 4.69) is 15.9 Å². The van der Waals surface area contributed by atoms with Gasteiger partial charge in [-0.05, 0) is 76.3 Å². The van der Waals surface area contributed by atoms with E-state index < -0.39 is 24.1 Å². The lowest BCUT2D eigenvalue weighted by molar-refractivity contribution is 0.00578. The molecule has 0 bridgehead atoms. The topological polar surface area (TPSA) is 58.9 Å². The van der Waals surface area contributed by atoms with Crippen molar-refractivity contribution in [3.8, 4) is 0 Å². The van der Waals surface area contributed by atoms with E-state index in [0.29, 0.717) is 26.6 Å². The van der Waals surface area contributed by atoms with Gasteiger partial charge < -0.3 is 19.5 Å². The minimum atomic E-state index is -0.578. The highest BCUT2D eigenvalue weighted by Gasteiger charge is 2.51. The monoisotopic (exact) mass is 484 g/mol. The number of benzene rings is 2. The summed E-state index contributed by atoms with van der Waals surface area (Å²) in [5, 5.41) is 17.9. The van der Waals surface area contributed by atoms with Crippen LogP contribution in [0.15, 0.2) is 28.7 Å². The summed E-state index contributed by atoms with van der Waals surface area (Å²) in [5.74, 6) is -0.786. The zero-order chi connectivity index (χ0) is 22.9. The molecule has 2 N–H and O–H groups in total. The molecule has 1 fully saturated rings. The van der Waals surface area contributed by atoms with Crippen molar-refractivity contribution in [2.24, 2.45) is 0 Å². The molecular formula is C22H28BBrF2O4. The first-order valence-electron chi connectivity index (χ1n) is 9.63. The summed E-state index contributed by atoms with van der Waals surface area (Å²) in [7, 11) is -0.578. The molecule has 2 aromatic rings. The Labute approximate surface area is 185 Å². The van der Waals surface area contributed by atoms with Crippen molar-refractivity contribution in [2.45, 2.75) is 66.0 Å². The number of rotatable bonds is 3. The molecule has 0 aromatic heterocycles. The van der Waals surface area contributed by atoms with Crippen molar-refractivity contribution in [1.82, 2.24) is 0 Å². The van der Waals surface area contributed by atoms with Crippen molar-refractivity contribution in [1.29, 1.82) is 0 Å². The quantitative estimate of drug-likeness (QED) is 0.637. The SMILES string of the molecule is Cc1cc(B2OC(C)(C)C(C)(C)O2)cc(F)c1CO.Cc1cc(Br)cc(F)c1CO. The van der Waals surface area contributed by atoms with Crippen LogP contribution >= 0.6 is 15.9 Å². The van der Waals surface area contributed by atoms with Crippen LogP contribution in [-0.4, -0.2) is 28.5 Å². The van der Waals surface area contributed by atoms with Crippen molar-refractivity contribution < 1.29 is 28.3 Å². The minimum absolute atomic E-state index is 0.245. The van der Waals surface area contributed by atoms with Crippen LogP contribution < -0.4 is 5.46 Å². The molecule has 1 heterocycles. The predicted octanol–water partition coefficient (Wildman–Crippen LogP) is 4.31. The first kappa shape index (κ1) is 24.9. The van der Waals surface area contributed by atoms with E-state index in [4.69, 9.17) is 19.5 Å². The van der Waals surface area contributed by atoms with E-state index >= 15 is 0 Å². The summed E-state index contributed by atoms with van der Waals surface area (Å²) in [6.07, 6.45) is 0. The lowest BCUT2D eigenvalue weighted by Crippen LogP contribution is -2.41. The third kappa shape index (κ3) is 5.29. The third-order valence-corrected chi connectivity index (χ3v) is 6.12. The van der Waals surface area contributed by atoms with Crippen LogP contribution in [0.2, 0.25) is 0 Å². The van der Waals surface area contributed by atoms with Crippen LogP contribution in [0.25, 0.3) is 0 Å². The Hall–Kier alpha value is -1.32. The highest BCUT2D eigenvalue weighted by Crippen LogP contribution is 2.36. The molecule has 2 aromatic carbocycles. The van der Waals surface area contributed by atoms with Gasteiger partial charge in [-0.25, -0.2) is 8.78 Å². The predicted molar refractivity (Wildman–Crippen MR) is 118 cm³/mol. The Morgan fingerprint density at radius 1 is 0.833 bits per heavy atom. The maximum atomic E-state index is 13.9. The van der Waals surface area contributed by atoms with Gasteiger partial charge in [0.05, 0.1) is 24.4 Å². The molecular weight excluding hydrogens is 457 g/mol. The zero-order valence-corrected chi connectivity index (χ0v) is 19.7. The van der Waals surface area contributed by atoms with Gasteiger partial charge >= 0.3 is 7.12 Å². The van der Waals surface area contributed by atoms with E-state index in [1.54, 1.807) is 26.0 Å². The zero-order valence-electron chi connectivity index (χ0n) is 18.1. The van der Waals surface area contributed by atoms with E-state index in [1.165, 1.54) is 12.1 Å². The minimum Gasteiger partial charge on any atom is -0.399 e. The van der Waals surface area contributed by atoms with Crippen molar-refractivity contribution >= 4 is 28.5 Å². The number of aryl methyl sites for hydroxylation is 2. The molecule has 4 nitrogen and oxygen atoms in total. The normalized spacial score (nSPS) is 17.0. The maximum absolute atomic E-state index is 13.9. The van der Waals surface area contributed by atoms with Gasteiger partial charge in [0.2, 0.25) is 0 Å². The molecule has 0 radical (unpaired) electrons. The summed E-state index contributed by atoms with van der Waals surface area (Å²) in [6.45, 7) is 10.8. The summed E-state index contributed by atoms with van der Waals surface area (Å²) in [4.78, 5) is 0. The molecule has 1 aliphatic rings. The highest BCUT2D eigenvalue weighted by atomic mass is 79.9. The first-order chi connectivity index (χ1) is 13.8. The Bertz CT molecular complexity index is 856. The fourth-order valence-corrected chi connectivity index (χ4v) is 3.59. The van der Waals surface area contributed by atoms with Gasteiger partial charge in [0, 0.05) is 15.6 Å². The van der Waals surface area contributed by atoms with Crippen molar-refractivity contribution in [3.05, 3.63) is 62.6 Å². The molecule has 0 unspecified atom stereocenters. The summed E-state index contributed by atoms with van der Waals surface area (Å²) < 4.78 is 39.3. The van der Waals surface area contributed by atoms with Crippen LogP contribution in [0.5, 0.6) is 0 Å². The van der Waals surface area contributed by atoms with E-state index in [-0.39, 0.29) is 19.0 Å². The van der Waals surface area contributed by atoms with Gasteiger partial charge in [-0.1, -0.05) is 22.0 Å². The van der Waals surface area contributed by atoms with Gasteiger partial charge in [0.25, 0.3) is 0 Å². The number of aliphatic hydroxyl groups excluding tert-OH is 2. The smallest absolute Gasteiger partial charge is 0.399 e. The third-order valence-electron chi connectivity index (χ3n) is 5.67. The number of aliphatic hydroxyl groups is 2. The molecule has 8 heteroatoms. The Kier molecular flexibility index (Phi) is 7.86. The Morgan fingerprint density at radius 3 is 1.67 bits per heavy atom. The molecule has 164 valence electrons. The molecule has 0 spiro atoms. The van der Waals surface area contributed by atoms with Crippen LogP contribution in [-0.2, 0) is 22.5 Å². The summed E-state index contributed by atoms with van der Waals surface area (Å²) in [6, 6.07) is 6.30. The molecule has 0 amide bonds. The van der Waals surface area contributed by atoms with Crippen LogP contribution in [0.3, 0.4) is 0 Å². The van der Waals surface area contributed by atoms with Gasteiger partial charge in [0.15, 0.2) is 0 Å². The van der Waals surface area contributed by atoms with Gasteiger partial charge in [0.1, 0.15) is 11.6 Å². The second-order valence-electron chi connectivity index (χ2n) is 8.39. The molecule has 1 saturated heterocycles. The summed E-state index contributed by atoms with van der Waals surface area (Å²) in [5.41, 5.74) is 1.90. The second-order valence-corrected chi connectivity index (χ2v) is 9.30. The molecule has 0 saturated carbocycles. The van der Waals surface area contributed by atoms with Crippen LogP contribution in [0.1, 0.15) is 49.9 Å². The number of hydrogen-bond acceptors (Lipinski definition) is 4. The lowest BCUT2D eigenvalue weighted by atomic mass is 9.77. The summed E-state index contributed by atoms with van der Waals surface area (Å²) >= 11 is 3.15. The Balaban J connectivity index is 0.000000248. The molecule has 0 aliphatic carbocycles. The van der Waals surface area contributed by atoms with Gasteiger partial charge in [-0.2, -0.15) is 0 Å². The van der Waals surface area contributed by atoms with Crippen molar-refractivity contribution in [3.63, 3.8) is 0 Å². The number of hydrogen-bond donors (Lipinski definition) is 2. The molecule has 3 rings (SSSR count). The highest BCUT2D eigenvalue weighted by molar-refractivity contribution is 9.10. The standard InChI is InChI=1S/C14H20BFO3.C8H8BrFO/c1-9-6-10(7-12(16)11(9)8-17)15-18-13(2,3)14(4,5)19-15;1-5-2-6(9)3-8(10)7(5)4-11/h6-7,17H,8H2,1-5H3;2-3,11H,4H2,1H3. The van der Waals surface area contributed by atoms with E-state index in [0.717, 1.165) is 5.56 Å². The average Bonchev–Trinajstić information content (AvgIpc) is 2.82. The molecule has 0 atom stereocenters. The van der Waals surface area contributed by atoms with E-state index in [9.17, 15) is 8.78 Å². The van der Waals surface area contributed by atoms with Gasteiger partial charge in [-0.3, -0.25) is 0 Å². The lowest BCUT2D eigenvalue weighted by Gasteiger charge is -2.32. The average molecular weight is 485 g/mol. The maximum Gasteiger partial charge on any atom is 0.494 e. The fraction of sp³-hybridized carbons (Fsp3) is 0.455. The van der Waals surface area contributed by atoms with Crippen molar-refractivity contribution in [2.75, 3.05) is 0 Å². The fourth-order valence-electron chi connectivity index (χ4n) is 3.05. The second kappa shape index (κ2) is 9.45. The van der Waals surface area contributed by atoms with E-state index in [1.807, 2.05) is 27.7 Å². The van der Waals surface area contributed by atoms with Gasteiger partial charge in [-0.15, -0.1) is 0 Å². The number of halogens is 3. The molecule has 30 heavy (non-hydrogen) atoms. The Morgan fingerprint density at radius 2 is 1.27 bits per heavy atom. The van der Waals surface area contributed by atoms with Crippen LogP contribution in [0, 0.1) is 25.5 Å². The van der Waals surface area contributed by atoms with Crippen LogP contribution in [0.4, 0.5) is 8.78 Å². The largest absolute Gasteiger partial charge is 0.494 e. The molecule has 1 aliphatic heterocycles. The first-order valence-corrected chi connectivity index (χ1v) is 10.4.